The smallest absolute Gasteiger partial charge is 0.0622 e. The molecule has 0 aliphatic heterocycles. The predicted molar refractivity (Wildman–Crippen MR) is 221 cm³/mol. The average molecular weight is 687 g/mol. The topological polar surface area (TPSA) is 0 Å². The number of hydrogen-bond donors (Lipinski definition) is 0. The van der Waals surface area contributed by atoms with Crippen LogP contribution in [0.25, 0.3) is 11.1 Å². The standard InChI is InChI=1S/C49H36P2/c1-5-21-39(22-6-1)50(40-23-7-2-8-24-40)43-29-17-19-37(35-43)49(47-33-15-13-31-45(47)46-32-14-16-34-48(46)49)38-20-18-30-44(36-38)51(41-25-9-3-10-26-41)42-27-11-4-12-28-42/h1-36H. The van der Waals surface area contributed by atoms with Crippen LogP contribution in [0.15, 0.2) is 218 Å². The van der Waals surface area contributed by atoms with Crippen LogP contribution in [-0.4, -0.2) is 0 Å². The summed E-state index contributed by atoms with van der Waals surface area (Å²) in [6, 6.07) is 81.4. The van der Waals surface area contributed by atoms with E-state index in [-0.39, 0.29) is 0 Å². The molecule has 0 fully saturated rings. The van der Waals surface area contributed by atoms with E-state index >= 15 is 0 Å². The van der Waals surface area contributed by atoms with Gasteiger partial charge in [0.1, 0.15) is 0 Å². The molecule has 2 heteroatoms. The van der Waals surface area contributed by atoms with Crippen molar-refractivity contribution in [2.24, 2.45) is 0 Å². The first kappa shape index (κ1) is 31.6. The first-order valence-electron chi connectivity index (χ1n) is 17.5. The van der Waals surface area contributed by atoms with Crippen LogP contribution in [0.4, 0.5) is 0 Å². The normalized spacial score (nSPS) is 12.8. The Morgan fingerprint density at radius 2 is 0.549 bits per heavy atom. The van der Waals surface area contributed by atoms with Crippen molar-refractivity contribution in [3.63, 3.8) is 0 Å². The molecule has 0 aromatic heterocycles. The Kier molecular flexibility index (Phi) is 8.51. The van der Waals surface area contributed by atoms with Gasteiger partial charge in [0, 0.05) is 0 Å². The predicted octanol–water partition coefficient (Wildman–Crippen LogP) is 9.57. The zero-order chi connectivity index (χ0) is 34.0. The molecule has 0 heterocycles. The second-order valence-electron chi connectivity index (χ2n) is 13.0. The van der Waals surface area contributed by atoms with Crippen LogP contribution in [0.2, 0.25) is 0 Å². The summed E-state index contributed by atoms with van der Waals surface area (Å²) >= 11 is 0. The fourth-order valence-electron chi connectivity index (χ4n) is 7.98. The van der Waals surface area contributed by atoms with Crippen molar-refractivity contribution in [3.8, 4) is 11.1 Å². The zero-order valence-corrected chi connectivity index (χ0v) is 30.0. The molecule has 0 nitrogen and oxygen atoms in total. The fourth-order valence-corrected chi connectivity index (χ4v) is 12.7. The molecule has 0 saturated carbocycles. The summed E-state index contributed by atoms with van der Waals surface area (Å²) in [6.07, 6.45) is 0. The Morgan fingerprint density at radius 3 is 0.902 bits per heavy atom. The third kappa shape index (κ3) is 5.57. The van der Waals surface area contributed by atoms with Crippen LogP contribution < -0.4 is 31.8 Å². The van der Waals surface area contributed by atoms with E-state index in [1.54, 1.807) is 0 Å². The third-order valence-corrected chi connectivity index (χ3v) is 14.9. The molecule has 0 spiro atoms. The van der Waals surface area contributed by atoms with Crippen LogP contribution >= 0.6 is 15.8 Å². The second kappa shape index (κ2) is 13.7. The lowest BCUT2D eigenvalue weighted by Crippen LogP contribution is -2.31. The highest BCUT2D eigenvalue weighted by Gasteiger charge is 2.46. The minimum atomic E-state index is -0.776. The van der Waals surface area contributed by atoms with Crippen molar-refractivity contribution < 1.29 is 0 Å². The maximum absolute atomic E-state index is 2.52. The van der Waals surface area contributed by atoms with Gasteiger partial charge in [-0.2, -0.15) is 0 Å². The largest absolute Gasteiger partial charge is 0.0714 e. The first-order chi connectivity index (χ1) is 25.3. The van der Waals surface area contributed by atoms with E-state index in [0.717, 1.165) is 0 Å². The van der Waals surface area contributed by atoms with E-state index in [9.17, 15) is 0 Å². The minimum Gasteiger partial charge on any atom is -0.0622 e. The molecule has 0 atom stereocenters. The number of benzene rings is 8. The zero-order valence-electron chi connectivity index (χ0n) is 28.2. The highest BCUT2D eigenvalue weighted by molar-refractivity contribution is 7.80. The Balaban J connectivity index is 1.31. The van der Waals surface area contributed by atoms with Gasteiger partial charge in [0.2, 0.25) is 0 Å². The van der Waals surface area contributed by atoms with Gasteiger partial charge >= 0.3 is 0 Å². The van der Waals surface area contributed by atoms with E-state index in [1.165, 1.54) is 65.2 Å². The Bertz CT molecular complexity index is 2170. The van der Waals surface area contributed by atoms with Crippen molar-refractivity contribution in [3.05, 3.63) is 241 Å². The van der Waals surface area contributed by atoms with Gasteiger partial charge in [0.15, 0.2) is 0 Å². The van der Waals surface area contributed by atoms with Gasteiger partial charge < -0.3 is 0 Å². The lowest BCUT2D eigenvalue weighted by molar-refractivity contribution is 0.770. The van der Waals surface area contributed by atoms with Gasteiger partial charge in [-0.25, -0.2) is 0 Å². The molecule has 51 heavy (non-hydrogen) atoms. The summed E-state index contributed by atoms with van der Waals surface area (Å²) < 4.78 is 0. The molecule has 8 aromatic carbocycles. The maximum atomic E-state index is 2.52. The van der Waals surface area contributed by atoms with E-state index < -0.39 is 21.3 Å². The molecule has 8 aromatic rings. The maximum Gasteiger partial charge on any atom is 0.0714 e. The van der Waals surface area contributed by atoms with Gasteiger partial charge in [0.05, 0.1) is 5.41 Å². The number of fused-ring (bicyclic) bond motifs is 3. The van der Waals surface area contributed by atoms with Crippen molar-refractivity contribution in [1.82, 2.24) is 0 Å². The number of rotatable bonds is 8. The molecule has 1 aliphatic rings. The van der Waals surface area contributed by atoms with Crippen molar-refractivity contribution >= 4 is 47.7 Å². The highest BCUT2D eigenvalue weighted by atomic mass is 31.1. The molecular weight excluding hydrogens is 650 g/mol. The van der Waals surface area contributed by atoms with E-state index in [0.29, 0.717) is 0 Å². The summed E-state index contributed by atoms with van der Waals surface area (Å²) in [5.41, 5.74) is 7.41. The van der Waals surface area contributed by atoms with Crippen molar-refractivity contribution in [2.75, 3.05) is 0 Å². The molecule has 0 unspecified atom stereocenters. The quantitative estimate of drug-likeness (QED) is 0.140. The summed E-state index contributed by atoms with van der Waals surface area (Å²) in [4.78, 5) is 0. The molecule has 0 saturated heterocycles. The summed E-state index contributed by atoms with van der Waals surface area (Å²) in [7, 11) is -1.55. The van der Waals surface area contributed by atoms with Gasteiger partial charge in [-0.3, -0.25) is 0 Å². The lowest BCUT2D eigenvalue weighted by Gasteiger charge is -2.35. The van der Waals surface area contributed by atoms with E-state index in [1.807, 2.05) is 0 Å². The molecule has 0 N–H and O–H groups in total. The first-order valence-corrected chi connectivity index (χ1v) is 20.2. The Labute approximate surface area is 303 Å². The lowest BCUT2D eigenvalue weighted by atomic mass is 9.68. The van der Waals surface area contributed by atoms with Crippen molar-refractivity contribution in [2.45, 2.75) is 5.41 Å². The summed E-state index contributed by atoms with van der Waals surface area (Å²) in [5, 5.41) is 8.14. The van der Waals surface area contributed by atoms with Gasteiger partial charge in [-0.05, 0) is 93.2 Å². The van der Waals surface area contributed by atoms with Gasteiger partial charge in [-0.1, -0.05) is 206 Å². The average Bonchev–Trinajstić information content (AvgIpc) is 3.51. The highest BCUT2D eigenvalue weighted by Crippen LogP contribution is 2.56. The van der Waals surface area contributed by atoms with Crippen molar-refractivity contribution in [1.29, 1.82) is 0 Å². The summed E-state index contributed by atoms with van der Waals surface area (Å²) in [6.45, 7) is 0. The number of hydrogen-bond acceptors (Lipinski definition) is 0. The van der Waals surface area contributed by atoms with Crippen LogP contribution in [0.1, 0.15) is 22.3 Å². The molecule has 9 rings (SSSR count). The van der Waals surface area contributed by atoms with E-state index in [4.69, 9.17) is 0 Å². The van der Waals surface area contributed by atoms with Gasteiger partial charge in [-0.15, -0.1) is 0 Å². The fraction of sp³-hybridized carbons (Fsp3) is 0.0204. The third-order valence-electron chi connectivity index (χ3n) is 10.1. The summed E-state index contributed by atoms with van der Waals surface area (Å²) in [5.74, 6) is 0. The van der Waals surface area contributed by atoms with Crippen LogP contribution in [0.3, 0.4) is 0 Å². The monoisotopic (exact) mass is 686 g/mol. The van der Waals surface area contributed by atoms with Crippen LogP contribution in [0.5, 0.6) is 0 Å². The molecule has 0 radical (unpaired) electrons. The van der Waals surface area contributed by atoms with Gasteiger partial charge in [0.25, 0.3) is 0 Å². The Morgan fingerprint density at radius 1 is 0.255 bits per heavy atom. The van der Waals surface area contributed by atoms with Crippen LogP contribution in [-0.2, 0) is 5.41 Å². The molecular formula is C49H36P2. The second-order valence-corrected chi connectivity index (χ2v) is 17.4. The molecule has 0 bridgehead atoms. The SMILES string of the molecule is c1ccc(P(c2ccccc2)c2cccc(C3(c4cccc(P(c5ccccc5)c5ccccc5)c4)c4ccccc4-c4ccccc43)c2)cc1. The van der Waals surface area contributed by atoms with Crippen LogP contribution in [0, 0.1) is 0 Å². The molecule has 0 amide bonds. The molecule has 242 valence electrons. The Hall–Kier alpha value is -5.38. The van der Waals surface area contributed by atoms with E-state index in [2.05, 4.69) is 218 Å². The minimum absolute atomic E-state index is 0.498. The molecule has 1 aliphatic carbocycles.